The lowest BCUT2D eigenvalue weighted by Crippen LogP contribution is -2.10. The van der Waals surface area contributed by atoms with Crippen LogP contribution < -0.4 is 14.2 Å². The molecule has 0 amide bonds. The van der Waals surface area contributed by atoms with Gasteiger partial charge in [0, 0.05) is 18.3 Å². The predicted molar refractivity (Wildman–Crippen MR) is 73.4 cm³/mol. The van der Waals surface area contributed by atoms with Gasteiger partial charge in [-0.1, -0.05) is 0 Å². The Morgan fingerprint density at radius 1 is 0.944 bits per heavy atom. The molecule has 0 saturated carbocycles. The Labute approximate surface area is 109 Å². The van der Waals surface area contributed by atoms with Gasteiger partial charge >= 0.3 is 0 Å². The van der Waals surface area contributed by atoms with Crippen molar-refractivity contribution in [3.8, 4) is 17.2 Å². The van der Waals surface area contributed by atoms with Crippen LogP contribution in [0.15, 0.2) is 17.1 Å². The molecule has 0 fully saturated rings. The summed E-state index contributed by atoms with van der Waals surface area (Å²) in [5.41, 5.74) is 0.673. The molecule has 100 valence electrons. The second-order valence-electron chi connectivity index (χ2n) is 4.87. The minimum absolute atomic E-state index is 0.143. The predicted octanol–water partition coefficient (Wildman–Crippen LogP) is 2.93. The SMILES string of the molecule is COc1cc(OC)c(C=NC(C)(C)C)c(OC)c1. The maximum Gasteiger partial charge on any atom is 0.135 e. The molecule has 0 N–H and O–H groups in total. The third-order valence-electron chi connectivity index (χ3n) is 2.33. The molecule has 0 spiro atoms. The number of rotatable bonds is 4. The van der Waals surface area contributed by atoms with Crippen molar-refractivity contribution in [2.45, 2.75) is 26.3 Å². The van der Waals surface area contributed by atoms with E-state index in [2.05, 4.69) is 4.99 Å². The van der Waals surface area contributed by atoms with Crippen molar-refractivity contribution < 1.29 is 14.2 Å². The van der Waals surface area contributed by atoms with Gasteiger partial charge in [0.25, 0.3) is 0 Å². The van der Waals surface area contributed by atoms with Gasteiger partial charge in [0.05, 0.1) is 32.4 Å². The van der Waals surface area contributed by atoms with E-state index in [0.29, 0.717) is 17.2 Å². The van der Waals surface area contributed by atoms with Gasteiger partial charge in [0.1, 0.15) is 17.2 Å². The molecule has 0 aliphatic rings. The molecule has 1 aromatic carbocycles. The minimum atomic E-state index is -0.143. The molecule has 0 radical (unpaired) electrons. The highest BCUT2D eigenvalue weighted by Crippen LogP contribution is 2.32. The highest BCUT2D eigenvalue weighted by molar-refractivity contribution is 5.88. The average molecular weight is 251 g/mol. The highest BCUT2D eigenvalue weighted by Gasteiger charge is 2.13. The van der Waals surface area contributed by atoms with E-state index in [1.807, 2.05) is 32.9 Å². The molecule has 0 heterocycles. The first-order valence-electron chi connectivity index (χ1n) is 5.76. The molecule has 1 aromatic rings. The van der Waals surface area contributed by atoms with Crippen LogP contribution in [0.25, 0.3) is 0 Å². The summed E-state index contributed by atoms with van der Waals surface area (Å²) in [6.07, 6.45) is 1.77. The fourth-order valence-electron chi connectivity index (χ4n) is 1.42. The van der Waals surface area contributed by atoms with Crippen molar-refractivity contribution in [3.63, 3.8) is 0 Å². The Morgan fingerprint density at radius 3 is 1.78 bits per heavy atom. The minimum Gasteiger partial charge on any atom is -0.496 e. The first-order valence-corrected chi connectivity index (χ1v) is 5.76. The second-order valence-corrected chi connectivity index (χ2v) is 4.87. The first-order chi connectivity index (χ1) is 8.41. The Balaban J connectivity index is 3.27. The van der Waals surface area contributed by atoms with E-state index in [-0.39, 0.29) is 5.54 Å². The van der Waals surface area contributed by atoms with E-state index in [0.717, 1.165) is 5.56 Å². The zero-order valence-electron chi connectivity index (χ0n) is 11.9. The third kappa shape index (κ3) is 3.65. The van der Waals surface area contributed by atoms with Crippen molar-refractivity contribution >= 4 is 6.21 Å². The second kappa shape index (κ2) is 5.76. The zero-order chi connectivity index (χ0) is 13.8. The monoisotopic (exact) mass is 251 g/mol. The van der Waals surface area contributed by atoms with E-state index in [9.17, 15) is 0 Å². The van der Waals surface area contributed by atoms with Gasteiger partial charge < -0.3 is 14.2 Å². The summed E-state index contributed by atoms with van der Waals surface area (Å²) >= 11 is 0. The van der Waals surface area contributed by atoms with Crippen LogP contribution in [0.3, 0.4) is 0 Å². The summed E-state index contributed by atoms with van der Waals surface area (Å²) in [7, 11) is 4.84. The molecule has 0 aliphatic heterocycles. The molecule has 0 atom stereocenters. The first kappa shape index (κ1) is 14.4. The summed E-state index contributed by atoms with van der Waals surface area (Å²) in [6, 6.07) is 3.62. The summed E-state index contributed by atoms with van der Waals surface area (Å²) in [4.78, 5) is 4.47. The van der Waals surface area contributed by atoms with E-state index in [1.165, 1.54) is 0 Å². The van der Waals surface area contributed by atoms with Gasteiger partial charge in [-0.2, -0.15) is 0 Å². The lowest BCUT2D eigenvalue weighted by molar-refractivity contribution is 0.374. The van der Waals surface area contributed by atoms with Crippen LogP contribution in [0.5, 0.6) is 17.2 Å². The molecule has 0 saturated heterocycles. The van der Waals surface area contributed by atoms with Gasteiger partial charge in [-0.05, 0) is 20.8 Å². The molecule has 4 heteroatoms. The Bertz CT molecular complexity index is 408. The van der Waals surface area contributed by atoms with Crippen LogP contribution in [0.1, 0.15) is 26.3 Å². The largest absolute Gasteiger partial charge is 0.496 e. The fraction of sp³-hybridized carbons (Fsp3) is 0.500. The van der Waals surface area contributed by atoms with Crippen molar-refractivity contribution in [2.75, 3.05) is 21.3 Å². The number of hydrogen-bond acceptors (Lipinski definition) is 4. The van der Waals surface area contributed by atoms with Gasteiger partial charge in [-0.15, -0.1) is 0 Å². The van der Waals surface area contributed by atoms with Crippen LogP contribution >= 0.6 is 0 Å². The molecule has 0 bridgehead atoms. The number of ether oxygens (including phenoxy) is 3. The quantitative estimate of drug-likeness (QED) is 0.772. The molecule has 18 heavy (non-hydrogen) atoms. The van der Waals surface area contributed by atoms with E-state index in [1.54, 1.807) is 27.5 Å². The zero-order valence-corrected chi connectivity index (χ0v) is 11.9. The van der Waals surface area contributed by atoms with Gasteiger partial charge in [0.15, 0.2) is 0 Å². The van der Waals surface area contributed by atoms with Crippen molar-refractivity contribution in [3.05, 3.63) is 17.7 Å². The number of methoxy groups -OCH3 is 3. The van der Waals surface area contributed by atoms with Gasteiger partial charge in [-0.25, -0.2) is 0 Å². The smallest absolute Gasteiger partial charge is 0.135 e. The van der Waals surface area contributed by atoms with Crippen molar-refractivity contribution in [2.24, 2.45) is 4.99 Å². The van der Waals surface area contributed by atoms with E-state index in [4.69, 9.17) is 14.2 Å². The van der Waals surface area contributed by atoms with E-state index < -0.39 is 0 Å². The van der Waals surface area contributed by atoms with Crippen LogP contribution in [0, 0.1) is 0 Å². The topological polar surface area (TPSA) is 40.0 Å². The Morgan fingerprint density at radius 2 is 1.44 bits per heavy atom. The van der Waals surface area contributed by atoms with Gasteiger partial charge in [-0.3, -0.25) is 4.99 Å². The van der Waals surface area contributed by atoms with E-state index >= 15 is 0 Å². The molecule has 0 unspecified atom stereocenters. The normalized spacial score (nSPS) is 11.7. The number of aliphatic imine (C=N–C) groups is 1. The summed E-state index contributed by atoms with van der Waals surface area (Å²) < 4.78 is 15.9. The maximum atomic E-state index is 5.34. The number of hydrogen-bond donors (Lipinski definition) is 0. The van der Waals surface area contributed by atoms with Crippen molar-refractivity contribution in [1.82, 2.24) is 0 Å². The van der Waals surface area contributed by atoms with Crippen LogP contribution in [-0.4, -0.2) is 33.1 Å². The Hall–Kier alpha value is -1.71. The van der Waals surface area contributed by atoms with Crippen LogP contribution in [-0.2, 0) is 0 Å². The summed E-state index contributed by atoms with van der Waals surface area (Å²) in [5, 5.41) is 0. The summed E-state index contributed by atoms with van der Waals surface area (Å²) in [6.45, 7) is 6.10. The molecule has 1 rings (SSSR count). The van der Waals surface area contributed by atoms with Gasteiger partial charge in [0.2, 0.25) is 0 Å². The maximum absolute atomic E-state index is 5.34. The molecule has 4 nitrogen and oxygen atoms in total. The van der Waals surface area contributed by atoms with Crippen LogP contribution in [0.2, 0.25) is 0 Å². The average Bonchev–Trinajstić information content (AvgIpc) is 2.34. The molecule has 0 aliphatic carbocycles. The highest BCUT2D eigenvalue weighted by atomic mass is 16.5. The number of nitrogens with zero attached hydrogens (tertiary/aromatic N) is 1. The standard InChI is InChI=1S/C14H21NO3/c1-14(2,3)15-9-11-12(17-5)7-10(16-4)8-13(11)18-6/h7-9H,1-6H3. The summed E-state index contributed by atoms with van der Waals surface area (Å²) in [5.74, 6) is 2.05. The lowest BCUT2D eigenvalue weighted by atomic mass is 10.1. The number of benzene rings is 1. The fourth-order valence-corrected chi connectivity index (χ4v) is 1.42. The molecular formula is C14H21NO3. The third-order valence-corrected chi connectivity index (χ3v) is 2.33. The lowest BCUT2D eigenvalue weighted by Gasteiger charge is -2.15. The molecule has 0 aromatic heterocycles. The molecular weight excluding hydrogens is 230 g/mol. The Kier molecular flexibility index (Phi) is 4.59. The van der Waals surface area contributed by atoms with Crippen molar-refractivity contribution in [1.29, 1.82) is 0 Å². The van der Waals surface area contributed by atoms with Crippen LogP contribution in [0.4, 0.5) is 0 Å².